The van der Waals surface area contributed by atoms with Crippen LogP contribution in [0.25, 0.3) is 0 Å². The van der Waals surface area contributed by atoms with E-state index in [0.717, 1.165) is 5.56 Å². The first-order valence-electron chi connectivity index (χ1n) is 8.81. The highest BCUT2D eigenvalue weighted by Gasteiger charge is 2.39. The Balaban J connectivity index is 1.94. The van der Waals surface area contributed by atoms with Gasteiger partial charge in [-0.1, -0.05) is 30.3 Å². The fourth-order valence-electron chi connectivity index (χ4n) is 2.89. The van der Waals surface area contributed by atoms with E-state index >= 15 is 0 Å². The lowest BCUT2D eigenvalue weighted by Crippen LogP contribution is -2.62. The minimum atomic E-state index is -0.924. The van der Waals surface area contributed by atoms with Crippen LogP contribution in [0.1, 0.15) is 39.2 Å². The molecule has 0 saturated carbocycles. The number of rotatable bonds is 4. The molecule has 26 heavy (non-hydrogen) atoms. The van der Waals surface area contributed by atoms with Crippen LogP contribution in [0.15, 0.2) is 30.3 Å². The van der Waals surface area contributed by atoms with Crippen LogP contribution < -0.4 is 5.32 Å². The molecule has 2 rings (SSSR count). The van der Waals surface area contributed by atoms with Crippen molar-refractivity contribution in [1.29, 1.82) is 0 Å². The molecule has 1 aromatic rings. The Hall–Kier alpha value is -2.28. The van der Waals surface area contributed by atoms with Gasteiger partial charge < -0.3 is 24.8 Å². The van der Waals surface area contributed by atoms with Crippen molar-refractivity contribution in [1.82, 2.24) is 10.2 Å². The van der Waals surface area contributed by atoms with Crippen molar-refractivity contribution in [2.24, 2.45) is 0 Å². The Bertz CT molecular complexity index is 614. The van der Waals surface area contributed by atoms with Crippen molar-refractivity contribution in [2.45, 2.75) is 51.4 Å². The second-order valence-corrected chi connectivity index (χ2v) is 7.63. The van der Waals surface area contributed by atoms with Gasteiger partial charge in [-0.25, -0.2) is 9.59 Å². The van der Waals surface area contributed by atoms with Crippen LogP contribution in [0.2, 0.25) is 0 Å². The number of benzene rings is 1. The number of hydrogen-bond acceptors (Lipinski definition) is 5. The average Bonchev–Trinajstić information content (AvgIpc) is 2.59. The van der Waals surface area contributed by atoms with Crippen LogP contribution in [0.4, 0.5) is 9.59 Å². The van der Waals surface area contributed by atoms with Crippen molar-refractivity contribution >= 4 is 12.2 Å². The fraction of sp³-hybridized carbons (Fsp3) is 0.579. The molecular formula is C19H28N2O5. The zero-order valence-electron chi connectivity index (χ0n) is 15.7. The van der Waals surface area contributed by atoms with E-state index in [4.69, 9.17) is 9.47 Å². The predicted molar refractivity (Wildman–Crippen MR) is 96.6 cm³/mol. The summed E-state index contributed by atoms with van der Waals surface area (Å²) in [5.74, 6) is 0. The SMILES string of the molecule is CC(C)(C)OC(=O)NC1(CO)CCCN(C(=O)OCc2ccccc2)C1. The number of aliphatic hydroxyl groups excluding tert-OH is 1. The van der Waals surface area contributed by atoms with E-state index in [0.29, 0.717) is 19.4 Å². The number of carbonyl (C=O) groups is 2. The number of alkyl carbamates (subject to hydrolysis) is 1. The van der Waals surface area contributed by atoms with E-state index in [1.807, 2.05) is 30.3 Å². The van der Waals surface area contributed by atoms with Gasteiger partial charge >= 0.3 is 12.2 Å². The summed E-state index contributed by atoms with van der Waals surface area (Å²) in [6, 6.07) is 9.42. The highest BCUT2D eigenvalue weighted by molar-refractivity contribution is 5.70. The minimum absolute atomic E-state index is 0.177. The molecule has 1 aliphatic heterocycles. The van der Waals surface area contributed by atoms with Gasteiger partial charge in [0.2, 0.25) is 0 Å². The van der Waals surface area contributed by atoms with Crippen molar-refractivity contribution in [3.63, 3.8) is 0 Å². The zero-order chi connectivity index (χ0) is 19.2. The van der Waals surface area contributed by atoms with E-state index in [1.54, 1.807) is 20.8 Å². The molecule has 1 aliphatic rings. The maximum Gasteiger partial charge on any atom is 0.410 e. The van der Waals surface area contributed by atoms with Crippen molar-refractivity contribution in [2.75, 3.05) is 19.7 Å². The van der Waals surface area contributed by atoms with Crippen LogP contribution in [0.3, 0.4) is 0 Å². The second-order valence-electron chi connectivity index (χ2n) is 7.63. The maximum atomic E-state index is 12.4. The standard InChI is InChI=1S/C19H28N2O5/c1-18(2,3)26-16(23)20-19(14-22)10-7-11-21(13-19)17(24)25-12-15-8-5-4-6-9-15/h4-6,8-9,22H,7,10-14H2,1-3H3,(H,20,23). The predicted octanol–water partition coefficient (Wildman–Crippen LogP) is 2.67. The van der Waals surface area contributed by atoms with Gasteiger partial charge in [-0.05, 0) is 39.2 Å². The van der Waals surface area contributed by atoms with Crippen molar-refractivity contribution < 1.29 is 24.2 Å². The Kier molecular flexibility index (Phi) is 6.47. The molecule has 1 fully saturated rings. The van der Waals surface area contributed by atoms with Gasteiger partial charge in [-0.2, -0.15) is 0 Å². The summed E-state index contributed by atoms with van der Waals surface area (Å²) < 4.78 is 10.6. The lowest BCUT2D eigenvalue weighted by Gasteiger charge is -2.41. The molecule has 2 amide bonds. The number of ether oxygens (including phenoxy) is 2. The van der Waals surface area contributed by atoms with Crippen LogP contribution in [-0.4, -0.2) is 53.0 Å². The molecule has 7 heteroatoms. The highest BCUT2D eigenvalue weighted by atomic mass is 16.6. The van der Waals surface area contributed by atoms with Gasteiger partial charge in [-0.3, -0.25) is 0 Å². The van der Waals surface area contributed by atoms with Crippen LogP contribution >= 0.6 is 0 Å². The molecule has 0 radical (unpaired) electrons. The first-order chi connectivity index (χ1) is 12.2. The molecule has 1 saturated heterocycles. The van der Waals surface area contributed by atoms with E-state index in [1.165, 1.54) is 4.90 Å². The van der Waals surface area contributed by atoms with Gasteiger partial charge in [0.05, 0.1) is 12.1 Å². The lowest BCUT2D eigenvalue weighted by molar-refractivity contribution is 0.0194. The number of hydrogen-bond donors (Lipinski definition) is 2. The number of piperidine rings is 1. The molecule has 1 heterocycles. The highest BCUT2D eigenvalue weighted by Crippen LogP contribution is 2.23. The van der Waals surface area contributed by atoms with Crippen LogP contribution in [-0.2, 0) is 16.1 Å². The summed E-state index contributed by atoms with van der Waals surface area (Å²) in [5, 5.41) is 12.6. The van der Waals surface area contributed by atoms with Crippen LogP contribution in [0, 0.1) is 0 Å². The molecule has 0 aliphatic carbocycles. The summed E-state index contributed by atoms with van der Waals surface area (Å²) in [6.45, 7) is 5.91. The third-order valence-corrected chi connectivity index (χ3v) is 4.11. The number of nitrogens with zero attached hydrogens (tertiary/aromatic N) is 1. The number of likely N-dealkylation sites (tertiary alicyclic amines) is 1. The molecule has 2 N–H and O–H groups in total. The first kappa shape index (κ1) is 20.0. The third kappa shape index (κ3) is 5.91. The monoisotopic (exact) mass is 364 g/mol. The molecule has 144 valence electrons. The number of amides is 2. The summed E-state index contributed by atoms with van der Waals surface area (Å²) in [6.07, 6.45) is 0.144. The van der Waals surface area contributed by atoms with Crippen LogP contribution in [0.5, 0.6) is 0 Å². The summed E-state index contributed by atoms with van der Waals surface area (Å²) in [5.41, 5.74) is -0.658. The maximum absolute atomic E-state index is 12.4. The van der Waals surface area contributed by atoms with Gasteiger partial charge in [0.1, 0.15) is 12.2 Å². The van der Waals surface area contributed by atoms with Gasteiger partial charge in [0, 0.05) is 13.1 Å². The van der Waals surface area contributed by atoms with Gasteiger partial charge in [-0.15, -0.1) is 0 Å². The van der Waals surface area contributed by atoms with E-state index in [-0.39, 0.29) is 19.8 Å². The molecule has 1 aromatic carbocycles. The molecule has 1 atom stereocenters. The number of aliphatic hydroxyl groups is 1. The van der Waals surface area contributed by atoms with E-state index in [9.17, 15) is 14.7 Å². The lowest BCUT2D eigenvalue weighted by atomic mass is 9.90. The number of nitrogens with one attached hydrogen (secondary N) is 1. The average molecular weight is 364 g/mol. The Morgan fingerprint density at radius 2 is 1.96 bits per heavy atom. The van der Waals surface area contributed by atoms with E-state index < -0.39 is 23.3 Å². The van der Waals surface area contributed by atoms with Gasteiger partial charge in [0.15, 0.2) is 0 Å². The number of carbonyl (C=O) groups excluding carboxylic acids is 2. The molecule has 0 aromatic heterocycles. The quantitative estimate of drug-likeness (QED) is 0.858. The normalized spacial score (nSPS) is 20.4. The summed E-state index contributed by atoms with van der Waals surface area (Å²) in [7, 11) is 0. The minimum Gasteiger partial charge on any atom is -0.445 e. The first-order valence-corrected chi connectivity index (χ1v) is 8.81. The Morgan fingerprint density at radius 3 is 2.58 bits per heavy atom. The third-order valence-electron chi connectivity index (χ3n) is 4.11. The molecular weight excluding hydrogens is 336 g/mol. The zero-order valence-corrected chi connectivity index (χ0v) is 15.7. The van der Waals surface area contributed by atoms with Crippen molar-refractivity contribution in [3.8, 4) is 0 Å². The fourth-order valence-corrected chi connectivity index (χ4v) is 2.89. The van der Waals surface area contributed by atoms with Gasteiger partial charge in [0.25, 0.3) is 0 Å². The molecule has 0 bridgehead atoms. The summed E-state index contributed by atoms with van der Waals surface area (Å²) >= 11 is 0. The Morgan fingerprint density at radius 1 is 1.27 bits per heavy atom. The Labute approximate surface area is 154 Å². The van der Waals surface area contributed by atoms with E-state index in [2.05, 4.69) is 5.32 Å². The smallest absolute Gasteiger partial charge is 0.410 e. The topological polar surface area (TPSA) is 88.1 Å². The van der Waals surface area contributed by atoms with Crippen molar-refractivity contribution in [3.05, 3.63) is 35.9 Å². The molecule has 0 spiro atoms. The second kappa shape index (κ2) is 8.40. The molecule has 1 unspecified atom stereocenters. The summed E-state index contributed by atoms with van der Waals surface area (Å²) in [4.78, 5) is 26.0. The largest absolute Gasteiger partial charge is 0.445 e. The molecule has 7 nitrogen and oxygen atoms in total.